The zero-order chi connectivity index (χ0) is 4.41. The summed E-state index contributed by atoms with van der Waals surface area (Å²) in [6.45, 7) is 0. The molecular weight excluding hydrogens is 78.0 g/mol. The molecule has 0 aromatic rings. The highest BCUT2D eigenvalue weighted by atomic mass is 16.4. The highest BCUT2D eigenvalue weighted by Gasteiger charge is 2.00. The Morgan fingerprint density at radius 3 is 2.67 bits per heavy atom. The molecule has 6 heavy (non-hydrogen) atoms. The molecule has 1 aliphatic rings. The summed E-state index contributed by atoms with van der Waals surface area (Å²) in [5, 5.41) is 6.78. The Morgan fingerprint density at radius 1 is 1.67 bits per heavy atom. The van der Waals surface area contributed by atoms with Crippen LogP contribution in [0.2, 0.25) is 0 Å². The van der Waals surface area contributed by atoms with Crippen molar-refractivity contribution >= 4 is 12.0 Å². The molecule has 0 bridgehead atoms. The SMILES string of the molecule is N=C1C=C[O+]=C1. The molecule has 0 saturated heterocycles. The molecule has 2 heteroatoms. The second kappa shape index (κ2) is 1.05. The van der Waals surface area contributed by atoms with Gasteiger partial charge in [0.25, 0.3) is 0 Å². The monoisotopic (exact) mass is 82.0 g/mol. The van der Waals surface area contributed by atoms with Crippen LogP contribution < -0.4 is 0 Å². The summed E-state index contributed by atoms with van der Waals surface area (Å²) in [4.78, 5) is 0. The average Bonchev–Trinajstić information content (AvgIpc) is 1.86. The number of nitrogens with one attached hydrogen (secondary N) is 1. The number of rotatable bonds is 0. The van der Waals surface area contributed by atoms with Crippen LogP contribution in [0.5, 0.6) is 0 Å². The van der Waals surface area contributed by atoms with Gasteiger partial charge in [0.05, 0.1) is 6.08 Å². The Kier molecular flexibility index (Phi) is 0.572. The molecule has 0 saturated carbocycles. The van der Waals surface area contributed by atoms with E-state index >= 15 is 0 Å². The van der Waals surface area contributed by atoms with E-state index in [-0.39, 0.29) is 0 Å². The van der Waals surface area contributed by atoms with Crippen molar-refractivity contribution in [2.75, 3.05) is 0 Å². The minimum atomic E-state index is 0.426. The summed E-state index contributed by atoms with van der Waals surface area (Å²) in [5.41, 5.74) is 0.426. The molecule has 0 aliphatic carbocycles. The minimum Gasteiger partial charge on any atom is -0.292 e. The van der Waals surface area contributed by atoms with E-state index in [0.717, 1.165) is 0 Å². The smallest absolute Gasteiger partial charge is 0.292 e. The Labute approximate surface area is 35.3 Å². The summed E-state index contributed by atoms with van der Waals surface area (Å²) in [7, 11) is 0. The lowest BCUT2D eigenvalue weighted by atomic mass is 10.4. The maximum Gasteiger partial charge on any atom is 0.342 e. The number of hydrogen-bond acceptors (Lipinski definition) is 1. The predicted molar refractivity (Wildman–Crippen MR) is 22.9 cm³/mol. The summed E-state index contributed by atoms with van der Waals surface area (Å²) < 4.78 is 4.53. The molecule has 0 fully saturated rings. The molecule has 30 valence electrons. The van der Waals surface area contributed by atoms with E-state index in [2.05, 4.69) is 4.42 Å². The first kappa shape index (κ1) is 3.28. The number of aldehydes is 1. The minimum absolute atomic E-state index is 0.426. The largest absolute Gasteiger partial charge is 0.342 e. The van der Waals surface area contributed by atoms with E-state index in [0.29, 0.717) is 5.71 Å². The van der Waals surface area contributed by atoms with Crippen LogP contribution in [-0.2, 0) is 4.42 Å². The number of hydrogen-bond donors (Lipinski definition) is 1. The molecule has 1 aliphatic heterocycles. The fourth-order valence-corrected chi connectivity index (χ4v) is 0.264. The third-order valence-corrected chi connectivity index (χ3v) is 0.521. The van der Waals surface area contributed by atoms with Crippen molar-refractivity contribution in [2.45, 2.75) is 0 Å². The fourth-order valence-electron chi connectivity index (χ4n) is 0.264. The highest BCUT2D eigenvalue weighted by molar-refractivity contribution is 6.33. The highest BCUT2D eigenvalue weighted by Crippen LogP contribution is 1.78. The third kappa shape index (κ3) is 0.360. The topological polar surface area (TPSA) is 35.2 Å². The lowest BCUT2D eigenvalue weighted by molar-refractivity contribution is -0.361. The Balaban J connectivity index is 2.86. The molecule has 0 spiro atoms. The fraction of sp³-hybridized carbons (Fsp3) is 0. The molecule has 0 atom stereocenters. The van der Waals surface area contributed by atoms with Crippen LogP contribution >= 0.6 is 0 Å². The summed E-state index contributed by atoms with van der Waals surface area (Å²) >= 11 is 0. The predicted octanol–water partition coefficient (Wildman–Crippen LogP) is 0.268. The van der Waals surface area contributed by atoms with Gasteiger partial charge in [-0.15, -0.1) is 0 Å². The maximum atomic E-state index is 6.78. The molecule has 0 radical (unpaired) electrons. The van der Waals surface area contributed by atoms with Crippen molar-refractivity contribution in [3.63, 3.8) is 0 Å². The first-order valence-electron chi connectivity index (χ1n) is 1.63. The van der Waals surface area contributed by atoms with Gasteiger partial charge in [0.1, 0.15) is 0 Å². The van der Waals surface area contributed by atoms with Crippen molar-refractivity contribution in [1.29, 1.82) is 5.41 Å². The lowest BCUT2D eigenvalue weighted by Crippen LogP contribution is -1.83. The van der Waals surface area contributed by atoms with E-state index < -0.39 is 0 Å². The van der Waals surface area contributed by atoms with Crippen LogP contribution in [0.4, 0.5) is 0 Å². The Hall–Kier alpha value is -0.920. The third-order valence-electron chi connectivity index (χ3n) is 0.521. The normalized spacial score (nSPS) is 17.0. The second-order valence-electron chi connectivity index (χ2n) is 1.01. The number of allylic oxidation sites excluding steroid dienone is 1. The van der Waals surface area contributed by atoms with E-state index in [1.807, 2.05) is 0 Å². The van der Waals surface area contributed by atoms with Crippen LogP contribution in [0.25, 0.3) is 0 Å². The van der Waals surface area contributed by atoms with Gasteiger partial charge in [-0.3, -0.25) is 5.41 Å². The van der Waals surface area contributed by atoms with Crippen molar-refractivity contribution < 1.29 is 4.42 Å². The molecule has 2 nitrogen and oxygen atoms in total. The molecule has 0 unspecified atom stereocenters. The van der Waals surface area contributed by atoms with Gasteiger partial charge in [0.2, 0.25) is 0 Å². The van der Waals surface area contributed by atoms with E-state index in [1.165, 1.54) is 12.5 Å². The average molecular weight is 82.1 g/mol. The molecule has 1 N–H and O–H groups in total. The Morgan fingerprint density at radius 2 is 2.50 bits per heavy atom. The van der Waals surface area contributed by atoms with Crippen LogP contribution in [-0.4, -0.2) is 12.0 Å². The standard InChI is InChI=1S/C4H4NO/c5-4-1-2-6-3-4/h1-3,5H/q+1. The summed E-state index contributed by atoms with van der Waals surface area (Å²) in [6.07, 6.45) is 4.43. The van der Waals surface area contributed by atoms with Gasteiger partial charge in [-0.25, -0.2) is 4.42 Å². The van der Waals surface area contributed by atoms with Crippen LogP contribution in [0, 0.1) is 5.41 Å². The molecule has 0 amide bonds. The van der Waals surface area contributed by atoms with E-state index in [9.17, 15) is 0 Å². The van der Waals surface area contributed by atoms with Gasteiger partial charge in [0.15, 0.2) is 5.71 Å². The van der Waals surface area contributed by atoms with Crippen molar-refractivity contribution in [1.82, 2.24) is 0 Å². The quantitative estimate of drug-likeness (QED) is 0.321. The molecule has 0 aromatic carbocycles. The molecule has 0 aromatic heterocycles. The van der Waals surface area contributed by atoms with Crippen LogP contribution in [0.1, 0.15) is 0 Å². The van der Waals surface area contributed by atoms with Crippen molar-refractivity contribution in [3.05, 3.63) is 12.3 Å². The molecular formula is C4H4NO+. The van der Waals surface area contributed by atoms with Crippen molar-refractivity contribution in [2.24, 2.45) is 0 Å². The van der Waals surface area contributed by atoms with Gasteiger partial charge in [-0.05, 0) is 0 Å². The molecule has 1 heterocycles. The van der Waals surface area contributed by atoms with Crippen molar-refractivity contribution in [3.8, 4) is 0 Å². The van der Waals surface area contributed by atoms with Crippen LogP contribution in [0.15, 0.2) is 12.3 Å². The zero-order valence-corrected chi connectivity index (χ0v) is 3.14. The summed E-state index contributed by atoms with van der Waals surface area (Å²) in [6, 6.07) is 0. The van der Waals surface area contributed by atoms with Gasteiger partial charge < -0.3 is 0 Å². The number of carbonyl (C=O) groups excluding carboxylic acids is 1. The first-order valence-corrected chi connectivity index (χ1v) is 1.63. The van der Waals surface area contributed by atoms with E-state index in [4.69, 9.17) is 5.41 Å². The van der Waals surface area contributed by atoms with Gasteiger partial charge in [-0.2, -0.15) is 0 Å². The Bertz CT molecular complexity index is 110. The van der Waals surface area contributed by atoms with E-state index in [1.54, 1.807) is 6.08 Å². The molecule has 1 rings (SSSR count). The van der Waals surface area contributed by atoms with Gasteiger partial charge in [-0.1, -0.05) is 0 Å². The maximum absolute atomic E-state index is 6.78. The van der Waals surface area contributed by atoms with Gasteiger partial charge in [0, 0.05) is 0 Å². The zero-order valence-electron chi connectivity index (χ0n) is 3.14. The van der Waals surface area contributed by atoms with Crippen LogP contribution in [0.3, 0.4) is 0 Å². The van der Waals surface area contributed by atoms with Gasteiger partial charge >= 0.3 is 12.5 Å². The summed E-state index contributed by atoms with van der Waals surface area (Å²) in [5.74, 6) is 0. The first-order chi connectivity index (χ1) is 2.89. The lowest BCUT2D eigenvalue weighted by Gasteiger charge is -1.54. The second-order valence-corrected chi connectivity index (χ2v) is 1.01.